The number of nitrogens with two attached hydrogens (primary N) is 1. The third-order valence-electron chi connectivity index (χ3n) is 3.26. The van der Waals surface area contributed by atoms with E-state index in [2.05, 4.69) is 6.92 Å². The predicted molar refractivity (Wildman–Crippen MR) is 58.7 cm³/mol. The van der Waals surface area contributed by atoms with Crippen molar-refractivity contribution in [2.45, 2.75) is 39.0 Å². The summed E-state index contributed by atoms with van der Waals surface area (Å²) in [4.78, 5) is 0. The van der Waals surface area contributed by atoms with Crippen LogP contribution in [0.25, 0.3) is 0 Å². The SMILES string of the molecule is CC1CCCC(CN)(C/C=C/Cl)C1. The maximum atomic E-state index is 5.86. The molecule has 2 heteroatoms. The van der Waals surface area contributed by atoms with E-state index in [1.165, 1.54) is 25.7 Å². The lowest BCUT2D eigenvalue weighted by molar-refractivity contribution is 0.157. The van der Waals surface area contributed by atoms with Gasteiger partial charge in [-0.05, 0) is 37.1 Å². The lowest BCUT2D eigenvalue weighted by Crippen LogP contribution is -2.34. The van der Waals surface area contributed by atoms with E-state index in [0.717, 1.165) is 18.9 Å². The van der Waals surface area contributed by atoms with Crippen molar-refractivity contribution in [2.24, 2.45) is 17.1 Å². The molecular weight excluding hydrogens is 182 g/mol. The molecule has 2 atom stereocenters. The highest BCUT2D eigenvalue weighted by Crippen LogP contribution is 2.41. The molecule has 0 aromatic carbocycles. The summed E-state index contributed by atoms with van der Waals surface area (Å²) < 4.78 is 0. The summed E-state index contributed by atoms with van der Waals surface area (Å²) in [6.07, 6.45) is 8.34. The standard InChI is InChI=1S/C11H20ClN/c1-10-4-2-5-11(8-10,9-13)6-3-7-12/h3,7,10H,2,4-6,8-9,13H2,1H3/b7-3+. The van der Waals surface area contributed by atoms with Gasteiger partial charge in [0, 0.05) is 5.54 Å². The first-order chi connectivity index (χ1) is 6.22. The molecule has 76 valence electrons. The average Bonchev–Trinajstić information content (AvgIpc) is 2.15. The summed E-state index contributed by atoms with van der Waals surface area (Å²) in [6.45, 7) is 3.13. The van der Waals surface area contributed by atoms with Gasteiger partial charge in [0.05, 0.1) is 0 Å². The van der Waals surface area contributed by atoms with Gasteiger partial charge < -0.3 is 5.73 Å². The molecule has 0 aromatic heterocycles. The molecule has 0 amide bonds. The molecule has 13 heavy (non-hydrogen) atoms. The Hall–Kier alpha value is -0.0100. The number of allylic oxidation sites excluding steroid dienone is 1. The summed E-state index contributed by atoms with van der Waals surface area (Å²) in [5.74, 6) is 0.834. The molecular formula is C11H20ClN. The Morgan fingerprint density at radius 3 is 2.92 bits per heavy atom. The maximum absolute atomic E-state index is 5.86. The van der Waals surface area contributed by atoms with Crippen LogP contribution in [0, 0.1) is 11.3 Å². The Kier molecular flexibility index (Phi) is 4.27. The first-order valence-electron chi connectivity index (χ1n) is 5.18. The Bertz CT molecular complexity index is 179. The lowest BCUT2D eigenvalue weighted by atomic mass is 9.68. The van der Waals surface area contributed by atoms with Crippen LogP contribution in [0.2, 0.25) is 0 Å². The Labute approximate surface area is 86.3 Å². The van der Waals surface area contributed by atoms with E-state index in [0.29, 0.717) is 5.41 Å². The molecule has 1 aliphatic rings. The third kappa shape index (κ3) is 2.99. The van der Waals surface area contributed by atoms with Gasteiger partial charge in [-0.15, -0.1) is 0 Å². The highest BCUT2D eigenvalue weighted by Gasteiger charge is 2.32. The zero-order chi connectivity index (χ0) is 9.73. The van der Waals surface area contributed by atoms with E-state index < -0.39 is 0 Å². The molecule has 0 aliphatic heterocycles. The van der Waals surface area contributed by atoms with E-state index in [-0.39, 0.29) is 0 Å². The van der Waals surface area contributed by atoms with Crippen molar-refractivity contribution in [3.05, 3.63) is 11.6 Å². The largest absolute Gasteiger partial charge is 0.330 e. The summed E-state index contributed by atoms with van der Waals surface area (Å²) in [5, 5.41) is 0. The average molecular weight is 202 g/mol. The molecule has 0 saturated heterocycles. The summed E-state index contributed by atoms with van der Waals surface area (Å²) in [7, 11) is 0. The van der Waals surface area contributed by atoms with Crippen LogP contribution in [0.3, 0.4) is 0 Å². The molecule has 0 heterocycles. The minimum atomic E-state index is 0.350. The van der Waals surface area contributed by atoms with E-state index in [1.807, 2.05) is 6.08 Å². The predicted octanol–water partition coefficient (Wildman–Crippen LogP) is 3.28. The van der Waals surface area contributed by atoms with Crippen molar-refractivity contribution >= 4 is 11.6 Å². The van der Waals surface area contributed by atoms with Crippen LogP contribution in [0.4, 0.5) is 0 Å². The minimum absolute atomic E-state index is 0.350. The Morgan fingerprint density at radius 2 is 2.38 bits per heavy atom. The highest BCUT2D eigenvalue weighted by atomic mass is 35.5. The second-order valence-electron chi connectivity index (χ2n) is 4.47. The fourth-order valence-electron chi connectivity index (χ4n) is 2.52. The molecule has 1 aliphatic carbocycles. The van der Waals surface area contributed by atoms with Crippen LogP contribution in [-0.4, -0.2) is 6.54 Å². The molecule has 2 unspecified atom stereocenters. The minimum Gasteiger partial charge on any atom is -0.330 e. The van der Waals surface area contributed by atoms with Crippen molar-refractivity contribution in [3.63, 3.8) is 0 Å². The number of rotatable bonds is 3. The molecule has 2 N–H and O–H groups in total. The van der Waals surface area contributed by atoms with Crippen molar-refractivity contribution in [3.8, 4) is 0 Å². The van der Waals surface area contributed by atoms with Crippen LogP contribution in [0.15, 0.2) is 11.6 Å². The fraction of sp³-hybridized carbons (Fsp3) is 0.818. The van der Waals surface area contributed by atoms with Crippen LogP contribution < -0.4 is 5.73 Å². The highest BCUT2D eigenvalue weighted by molar-refractivity contribution is 6.25. The smallest absolute Gasteiger partial charge is 0.000267 e. The summed E-state index contributed by atoms with van der Waals surface area (Å²) >= 11 is 5.55. The van der Waals surface area contributed by atoms with Gasteiger partial charge in [-0.25, -0.2) is 0 Å². The van der Waals surface area contributed by atoms with Gasteiger partial charge in [-0.2, -0.15) is 0 Å². The summed E-state index contributed by atoms with van der Waals surface area (Å²) in [6, 6.07) is 0. The molecule has 0 spiro atoms. The van der Waals surface area contributed by atoms with Gasteiger partial charge in [0.15, 0.2) is 0 Å². The molecule has 0 bridgehead atoms. The molecule has 0 radical (unpaired) electrons. The van der Waals surface area contributed by atoms with Crippen molar-refractivity contribution < 1.29 is 0 Å². The van der Waals surface area contributed by atoms with Crippen LogP contribution in [-0.2, 0) is 0 Å². The Balaban J connectivity index is 2.56. The molecule has 1 rings (SSSR count). The van der Waals surface area contributed by atoms with E-state index in [9.17, 15) is 0 Å². The third-order valence-corrected chi connectivity index (χ3v) is 3.44. The zero-order valence-corrected chi connectivity index (χ0v) is 9.19. The van der Waals surface area contributed by atoms with Gasteiger partial charge >= 0.3 is 0 Å². The van der Waals surface area contributed by atoms with Crippen molar-refractivity contribution in [1.29, 1.82) is 0 Å². The molecule has 1 fully saturated rings. The number of hydrogen-bond acceptors (Lipinski definition) is 1. The molecule has 1 nitrogen and oxygen atoms in total. The normalized spacial score (nSPS) is 35.5. The first kappa shape index (κ1) is 11.1. The topological polar surface area (TPSA) is 26.0 Å². The second-order valence-corrected chi connectivity index (χ2v) is 4.72. The fourth-order valence-corrected chi connectivity index (χ4v) is 2.61. The van der Waals surface area contributed by atoms with E-state index >= 15 is 0 Å². The van der Waals surface area contributed by atoms with Gasteiger partial charge in [0.25, 0.3) is 0 Å². The molecule has 0 aromatic rings. The van der Waals surface area contributed by atoms with E-state index in [4.69, 9.17) is 17.3 Å². The summed E-state index contributed by atoms with van der Waals surface area (Å²) in [5.41, 5.74) is 7.84. The van der Waals surface area contributed by atoms with Gasteiger partial charge in [0.1, 0.15) is 0 Å². The Morgan fingerprint density at radius 1 is 1.62 bits per heavy atom. The van der Waals surface area contributed by atoms with Gasteiger partial charge in [-0.1, -0.05) is 37.4 Å². The van der Waals surface area contributed by atoms with Crippen molar-refractivity contribution in [2.75, 3.05) is 6.54 Å². The maximum Gasteiger partial charge on any atom is 0.000267 e. The second kappa shape index (κ2) is 5.02. The number of halogens is 1. The van der Waals surface area contributed by atoms with Crippen LogP contribution in [0.5, 0.6) is 0 Å². The molecule has 1 saturated carbocycles. The van der Waals surface area contributed by atoms with Gasteiger partial charge in [-0.3, -0.25) is 0 Å². The van der Waals surface area contributed by atoms with E-state index in [1.54, 1.807) is 5.54 Å². The van der Waals surface area contributed by atoms with Crippen molar-refractivity contribution in [1.82, 2.24) is 0 Å². The number of hydrogen-bond donors (Lipinski definition) is 1. The quantitative estimate of drug-likeness (QED) is 0.745. The first-order valence-corrected chi connectivity index (χ1v) is 5.61. The van der Waals surface area contributed by atoms with Crippen LogP contribution in [0.1, 0.15) is 39.0 Å². The zero-order valence-electron chi connectivity index (χ0n) is 8.43. The van der Waals surface area contributed by atoms with Gasteiger partial charge in [0.2, 0.25) is 0 Å². The lowest BCUT2D eigenvalue weighted by Gasteiger charge is -2.38. The van der Waals surface area contributed by atoms with Crippen LogP contribution >= 0.6 is 11.6 Å². The monoisotopic (exact) mass is 201 g/mol.